The number of rotatable bonds is 4. The van der Waals surface area contributed by atoms with Crippen LogP contribution in [0.4, 0.5) is 0 Å². The molecule has 0 fully saturated rings. The molecule has 0 saturated heterocycles. The molecule has 0 saturated carbocycles. The Kier molecular flexibility index (Phi) is 3.69. The molecule has 1 aromatic heterocycles. The van der Waals surface area contributed by atoms with Crippen LogP contribution >= 0.6 is 0 Å². The highest BCUT2D eigenvalue weighted by atomic mass is 32.2. The number of nitrogens with zero attached hydrogens (tertiary/aromatic N) is 3. The Morgan fingerprint density at radius 1 is 1.44 bits per heavy atom. The first-order chi connectivity index (χ1) is 7.26. The summed E-state index contributed by atoms with van der Waals surface area (Å²) in [5.74, 6) is 0.0186. The molecule has 0 aliphatic rings. The van der Waals surface area contributed by atoms with Gasteiger partial charge in [-0.05, 0) is 20.8 Å². The van der Waals surface area contributed by atoms with Crippen LogP contribution < -0.4 is 0 Å². The van der Waals surface area contributed by atoms with E-state index >= 15 is 0 Å². The maximum atomic E-state index is 11.8. The molecule has 16 heavy (non-hydrogen) atoms. The standard InChI is InChI=1S/C9H17N3O3S/c1-9(2,3)16(14,15)5-4-12-6-8(7-13)10-11-12/h6,13H,4-5,7H2,1-3H3. The van der Waals surface area contributed by atoms with Gasteiger partial charge in [-0.1, -0.05) is 5.21 Å². The molecular formula is C9H17N3O3S. The predicted molar refractivity (Wildman–Crippen MR) is 59.5 cm³/mol. The quantitative estimate of drug-likeness (QED) is 0.808. The lowest BCUT2D eigenvalue weighted by molar-refractivity contribution is 0.276. The lowest BCUT2D eigenvalue weighted by Gasteiger charge is -2.18. The molecule has 0 bridgehead atoms. The van der Waals surface area contributed by atoms with Gasteiger partial charge in [0.05, 0.1) is 29.8 Å². The second kappa shape index (κ2) is 4.50. The first kappa shape index (κ1) is 13.1. The molecular weight excluding hydrogens is 230 g/mol. The monoisotopic (exact) mass is 247 g/mol. The minimum Gasteiger partial charge on any atom is -0.390 e. The Morgan fingerprint density at radius 2 is 2.06 bits per heavy atom. The van der Waals surface area contributed by atoms with Gasteiger partial charge >= 0.3 is 0 Å². The highest BCUT2D eigenvalue weighted by molar-refractivity contribution is 7.92. The van der Waals surface area contributed by atoms with E-state index in [2.05, 4.69) is 10.3 Å². The third-order valence-electron chi connectivity index (χ3n) is 2.27. The van der Waals surface area contributed by atoms with Crippen LogP contribution in [-0.2, 0) is 23.0 Å². The Morgan fingerprint density at radius 3 is 2.50 bits per heavy atom. The fraction of sp³-hybridized carbons (Fsp3) is 0.778. The Hall–Kier alpha value is -0.950. The van der Waals surface area contributed by atoms with Gasteiger partial charge in [-0.2, -0.15) is 0 Å². The first-order valence-electron chi connectivity index (χ1n) is 4.98. The van der Waals surface area contributed by atoms with E-state index in [1.54, 1.807) is 20.8 Å². The van der Waals surface area contributed by atoms with Gasteiger partial charge in [0.2, 0.25) is 0 Å². The topological polar surface area (TPSA) is 85.1 Å². The summed E-state index contributed by atoms with van der Waals surface area (Å²) in [7, 11) is -3.14. The van der Waals surface area contributed by atoms with Gasteiger partial charge in [0.25, 0.3) is 0 Å². The Labute approximate surface area is 95.2 Å². The summed E-state index contributed by atoms with van der Waals surface area (Å²) in [6, 6.07) is 0. The molecule has 0 aromatic carbocycles. The fourth-order valence-corrected chi connectivity index (χ4v) is 2.08. The smallest absolute Gasteiger partial charge is 0.157 e. The fourth-order valence-electron chi connectivity index (χ4n) is 1.04. The van der Waals surface area contributed by atoms with Crippen LogP contribution in [0.25, 0.3) is 0 Å². The summed E-state index contributed by atoms with van der Waals surface area (Å²) in [5, 5.41) is 16.2. The summed E-state index contributed by atoms with van der Waals surface area (Å²) in [6.07, 6.45) is 1.54. The van der Waals surface area contributed by atoms with E-state index in [1.807, 2.05) is 0 Å². The SMILES string of the molecule is CC(C)(C)S(=O)(=O)CCn1cc(CO)nn1. The van der Waals surface area contributed by atoms with Gasteiger partial charge in [-0.15, -0.1) is 5.10 Å². The average molecular weight is 247 g/mol. The lowest BCUT2D eigenvalue weighted by atomic mass is 10.3. The van der Waals surface area contributed by atoms with Crippen molar-refractivity contribution in [3.05, 3.63) is 11.9 Å². The number of aromatic nitrogens is 3. The molecule has 1 heterocycles. The third kappa shape index (κ3) is 3.02. The molecule has 0 spiro atoms. The van der Waals surface area contributed by atoms with Crippen LogP contribution in [-0.4, -0.2) is 39.0 Å². The van der Waals surface area contributed by atoms with E-state index in [9.17, 15) is 8.42 Å². The van der Waals surface area contributed by atoms with E-state index in [-0.39, 0.29) is 18.9 Å². The van der Waals surface area contributed by atoms with Crippen molar-refractivity contribution in [3.8, 4) is 0 Å². The Bertz CT molecular complexity index is 445. The van der Waals surface area contributed by atoms with Crippen LogP contribution in [0.2, 0.25) is 0 Å². The third-order valence-corrected chi connectivity index (χ3v) is 4.86. The van der Waals surface area contributed by atoms with Crippen molar-refractivity contribution < 1.29 is 13.5 Å². The number of hydrogen-bond acceptors (Lipinski definition) is 5. The molecule has 6 nitrogen and oxygen atoms in total. The van der Waals surface area contributed by atoms with Crippen LogP contribution in [0.3, 0.4) is 0 Å². The Balaban J connectivity index is 2.65. The minimum atomic E-state index is -3.14. The molecule has 92 valence electrons. The molecule has 0 aliphatic heterocycles. The van der Waals surface area contributed by atoms with E-state index in [4.69, 9.17) is 5.11 Å². The van der Waals surface area contributed by atoms with Crippen LogP contribution in [0.15, 0.2) is 6.20 Å². The molecule has 0 aliphatic carbocycles. The van der Waals surface area contributed by atoms with Gasteiger partial charge in [0.15, 0.2) is 9.84 Å². The van der Waals surface area contributed by atoms with Crippen molar-refractivity contribution in [1.82, 2.24) is 15.0 Å². The van der Waals surface area contributed by atoms with E-state index in [0.29, 0.717) is 5.69 Å². The molecule has 7 heteroatoms. The molecule has 1 N–H and O–H groups in total. The van der Waals surface area contributed by atoms with Crippen molar-refractivity contribution in [2.24, 2.45) is 0 Å². The molecule has 0 amide bonds. The summed E-state index contributed by atoms with van der Waals surface area (Å²) in [5.41, 5.74) is 0.438. The normalized spacial score (nSPS) is 13.0. The van der Waals surface area contributed by atoms with Gasteiger partial charge in [0, 0.05) is 0 Å². The molecule has 0 unspecified atom stereocenters. The summed E-state index contributed by atoms with van der Waals surface area (Å²) >= 11 is 0. The van der Waals surface area contributed by atoms with Crippen molar-refractivity contribution >= 4 is 9.84 Å². The number of aliphatic hydroxyl groups is 1. The maximum Gasteiger partial charge on any atom is 0.157 e. The summed E-state index contributed by atoms with van der Waals surface area (Å²) < 4.78 is 24.3. The zero-order chi connectivity index (χ0) is 12.4. The number of aryl methyl sites for hydroxylation is 1. The molecule has 0 atom stereocenters. The van der Waals surface area contributed by atoms with Gasteiger partial charge in [-0.3, -0.25) is 4.68 Å². The summed E-state index contributed by atoms with van der Waals surface area (Å²) in [4.78, 5) is 0. The molecule has 1 rings (SSSR count). The minimum absolute atomic E-state index is 0.0186. The van der Waals surface area contributed by atoms with E-state index < -0.39 is 14.6 Å². The largest absolute Gasteiger partial charge is 0.390 e. The van der Waals surface area contributed by atoms with Crippen molar-refractivity contribution in [1.29, 1.82) is 0 Å². The van der Waals surface area contributed by atoms with Gasteiger partial charge in [-0.25, -0.2) is 8.42 Å². The number of sulfone groups is 1. The van der Waals surface area contributed by atoms with Gasteiger partial charge in [0.1, 0.15) is 5.69 Å². The second-order valence-corrected chi connectivity index (χ2v) is 7.42. The average Bonchev–Trinajstić information content (AvgIpc) is 2.60. The molecule has 1 aromatic rings. The second-order valence-electron chi connectivity index (χ2n) is 4.56. The maximum absolute atomic E-state index is 11.8. The van der Waals surface area contributed by atoms with Crippen LogP contribution in [0.5, 0.6) is 0 Å². The van der Waals surface area contributed by atoms with E-state index in [0.717, 1.165) is 0 Å². The van der Waals surface area contributed by atoms with Crippen molar-refractivity contribution in [2.45, 2.75) is 38.7 Å². The van der Waals surface area contributed by atoms with Crippen LogP contribution in [0, 0.1) is 0 Å². The highest BCUT2D eigenvalue weighted by Gasteiger charge is 2.28. The summed E-state index contributed by atoms with van der Waals surface area (Å²) in [6.45, 7) is 5.08. The predicted octanol–water partition coefficient (Wildman–Crippen LogP) is -0.0163. The zero-order valence-electron chi connectivity index (χ0n) is 9.71. The van der Waals surface area contributed by atoms with Crippen molar-refractivity contribution in [3.63, 3.8) is 0 Å². The van der Waals surface area contributed by atoms with Crippen molar-refractivity contribution in [2.75, 3.05) is 5.75 Å². The number of aliphatic hydroxyl groups excluding tert-OH is 1. The zero-order valence-corrected chi connectivity index (χ0v) is 10.5. The van der Waals surface area contributed by atoms with Gasteiger partial charge < -0.3 is 5.11 Å². The molecule has 0 radical (unpaired) electrons. The number of hydrogen-bond donors (Lipinski definition) is 1. The first-order valence-corrected chi connectivity index (χ1v) is 6.63. The van der Waals surface area contributed by atoms with E-state index in [1.165, 1.54) is 10.9 Å². The highest BCUT2D eigenvalue weighted by Crippen LogP contribution is 2.15. The lowest BCUT2D eigenvalue weighted by Crippen LogP contribution is -2.32. The van der Waals surface area contributed by atoms with Crippen LogP contribution in [0.1, 0.15) is 26.5 Å².